The van der Waals surface area contributed by atoms with Gasteiger partial charge in [-0.2, -0.15) is 0 Å². The van der Waals surface area contributed by atoms with Gasteiger partial charge in [-0.05, 0) is 42.7 Å². The third kappa shape index (κ3) is 4.72. The Balaban J connectivity index is 1.54. The van der Waals surface area contributed by atoms with E-state index in [1.807, 2.05) is 35.3 Å². The first-order valence-corrected chi connectivity index (χ1v) is 10.9. The highest BCUT2D eigenvalue weighted by Crippen LogP contribution is 2.25. The molecular formula is C19H21BrN2O3S. The third-order valence-electron chi connectivity index (χ3n) is 4.51. The Hall–Kier alpha value is -1.70. The number of carbonyl (C=O) groups is 1. The molecule has 1 amide bonds. The Labute approximate surface area is 162 Å². The van der Waals surface area contributed by atoms with Crippen LogP contribution < -0.4 is 5.43 Å². The third-order valence-corrected chi connectivity index (χ3v) is 7.32. The van der Waals surface area contributed by atoms with E-state index in [1.165, 1.54) is 0 Å². The topological polar surface area (TPSA) is 66.5 Å². The van der Waals surface area contributed by atoms with Crippen molar-refractivity contribution in [3.05, 3.63) is 64.6 Å². The van der Waals surface area contributed by atoms with E-state index in [2.05, 4.69) is 21.4 Å². The number of benzene rings is 2. The molecule has 0 bridgehead atoms. The van der Waals surface area contributed by atoms with Crippen molar-refractivity contribution in [3.8, 4) is 0 Å². The predicted octanol–water partition coefficient (Wildman–Crippen LogP) is 2.96. The maximum atomic E-state index is 12.7. The molecule has 0 radical (unpaired) electrons. The van der Waals surface area contributed by atoms with Crippen LogP contribution in [-0.4, -0.2) is 37.7 Å². The van der Waals surface area contributed by atoms with Gasteiger partial charge >= 0.3 is 0 Å². The molecule has 7 heteroatoms. The van der Waals surface area contributed by atoms with Crippen LogP contribution in [0.2, 0.25) is 0 Å². The van der Waals surface area contributed by atoms with Crippen molar-refractivity contribution in [1.29, 1.82) is 0 Å². The van der Waals surface area contributed by atoms with Gasteiger partial charge in [-0.15, -0.1) is 0 Å². The molecule has 2 aromatic rings. The molecule has 0 aliphatic carbocycles. The lowest BCUT2D eigenvalue weighted by molar-refractivity contribution is -0.125. The van der Waals surface area contributed by atoms with Crippen molar-refractivity contribution < 1.29 is 13.2 Å². The number of amides is 1. The Morgan fingerprint density at radius 2 is 1.65 bits per heavy atom. The molecule has 26 heavy (non-hydrogen) atoms. The number of nitrogens with one attached hydrogen (secondary N) is 1. The van der Waals surface area contributed by atoms with Gasteiger partial charge in [0.2, 0.25) is 5.91 Å². The minimum Gasteiger partial charge on any atom is -0.289 e. The van der Waals surface area contributed by atoms with E-state index in [4.69, 9.17) is 0 Å². The monoisotopic (exact) mass is 436 g/mol. The minimum absolute atomic E-state index is 0.0783. The molecule has 0 aromatic heterocycles. The van der Waals surface area contributed by atoms with Gasteiger partial charge in [0.25, 0.3) is 0 Å². The van der Waals surface area contributed by atoms with Gasteiger partial charge < -0.3 is 0 Å². The first kappa shape index (κ1) is 19.1. The van der Waals surface area contributed by atoms with Gasteiger partial charge in [-0.3, -0.25) is 10.2 Å². The number of hydrogen-bond acceptors (Lipinski definition) is 4. The number of nitrogens with zero attached hydrogens (tertiary/aromatic N) is 1. The summed E-state index contributed by atoms with van der Waals surface area (Å²) >= 11 is 3.32. The van der Waals surface area contributed by atoms with Crippen LogP contribution in [0.25, 0.3) is 0 Å². The zero-order valence-electron chi connectivity index (χ0n) is 14.3. The second kappa shape index (κ2) is 8.33. The highest BCUT2D eigenvalue weighted by Gasteiger charge is 2.31. The molecule has 1 fully saturated rings. The lowest BCUT2D eigenvalue weighted by atomic mass is 10.1. The maximum Gasteiger partial charge on any atom is 0.238 e. The van der Waals surface area contributed by atoms with Crippen LogP contribution in [0.3, 0.4) is 0 Å². The Kier molecular flexibility index (Phi) is 6.11. The van der Waals surface area contributed by atoms with E-state index >= 15 is 0 Å². The maximum absolute atomic E-state index is 12.7. The molecule has 1 aliphatic rings. The quantitative estimate of drug-likeness (QED) is 0.781. The first-order valence-electron chi connectivity index (χ1n) is 8.53. The molecule has 2 aromatic carbocycles. The van der Waals surface area contributed by atoms with E-state index in [-0.39, 0.29) is 5.91 Å². The molecule has 0 atom stereocenters. The smallest absolute Gasteiger partial charge is 0.238 e. The van der Waals surface area contributed by atoms with Gasteiger partial charge in [0.1, 0.15) is 0 Å². The first-order chi connectivity index (χ1) is 12.4. The molecular weight excluding hydrogens is 416 g/mol. The molecule has 138 valence electrons. The Morgan fingerprint density at radius 3 is 2.27 bits per heavy atom. The average Bonchev–Trinajstić information content (AvgIpc) is 2.63. The second-order valence-corrected chi connectivity index (χ2v) is 9.53. The molecule has 5 nitrogen and oxygen atoms in total. The molecule has 1 N–H and O–H groups in total. The van der Waals surface area contributed by atoms with Crippen molar-refractivity contribution >= 4 is 31.7 Å². The van der Waals surface area contributed by atoms with E-state index < -0.39 is 15.1 Å². The highest BCUT2D eigenvalue weighted by atomic mass is 79.9. The van der Waals surface area contributed by atoms with Gasteiger partial charge in [-0.25, -0.2) is 13.4 Å². The summed E-state index contributed by atoms with van der Waals surface area (Å²) in [6, 6.07) is 16.3. The number of rotatable bonds is 5. The van der Waals surface area contributed by atoms with Crippen molar-refractivity contribution in [2.24, 2.45) is 0 Å². The van der Waals surface area contributed by atoms with E-state index in [0.29, 0.717) is 37.2 Å². The average molecular weight is 437 g/mol. The van der Waals surface area contributed by atoms with Crippen LogP contribution >= 0.6 is 15.9 Å². The summed E-state index contributed by atoms with van der Waals surface area (Å²) in [6.07, 6.45) is 1.33. The Bertz CT molecular complexity index is 846. The van der Waals surface area contributed by atoms with Gasteiger partial charge in [0.15, 0.2) is 9.84 Å². The highest BCUT2D eigenvalue weighted by molar-refractivity contribution is 9.10. The summed E-state index contributed by atoms with van der Waals surface area (Å²) in [5.74, 6) is -0.0783. The zero-order valence-corrected chi connectivity index (χ0v) is 16.7. The summed E-state index contributed by atoms with van der Waals surface area (Å²) in [7, 11) is -3.34. The normalized spacial score (nSPS) is 16.3. The van der Waals surface area contributed by atoms with Crippen molar-refractivity contribution in [1.82, 2.24) is 10.4 Å². The lowest BCUT2D eigenvalue weighted by Gasteiger charge is -2.31. The standard InChI is InChI=1S/C19H21BrN2O3S/c20-16-6-8-17(9-7-16)26(24,25)18-10-12-22(13-11-18)21-19(23)14-15-4-2-1-3-5-15/h1-9,18H,10-14H2,(H,21,23). The molecule has 0 saturated carbocycles. The van der Waals surface area contributed by atoms with E-state index in [1.54, 1.807) is 24.3 Å². The largest absolute Gasteiger partial charge is 0.289 e. The summed E-state index contributed by atoms with van der Waals surface area (Å²) in [4.78, 5) is 12.5. The van der Waals surface area contributed by atoms with Crippen LogP contribution in [0, 0.1) is 0 Å². The molecule has 1 heterocycles. The van der Waals surface area contributed by atoms with Crippen molar-refractivity contribution in [2.75, 3.05) is 13.1 Å². The molecule has 3 rings (SSSR count). The van der Waals surface area contributed by atoms with Crippen molar-refractivity contribution in [2.45, 2.75) is 29.4 Å². The second-order valence-electron chi connectivity index (χ2n) is 6.38. The van der Waals surface area contributed by atoms with Gasteiger partial charge in [-0.1, -0.05) is 46.3 Å². The Morgan fingerprint density at radius 1 is 1.04 bits per heavy atom. The summed E-state index contributed by atoms with van der Waals surface area (Å²) in [6.45, 7) is 1.06. The number of sulfone groups is 1. The number of hydrazine groups is 1. The summed E-state index contributed by atoms with van der Waals surface area (Å²) < 4.78 is 26.3. The van der Waals surface area contributed by atoms with Crippen LogP contribution in [0.5, 0.6) is 0 Å². The van der Waals surface area contributed by atoms with Crippen LogP contribution in [-0.2, 0) is 21.1 Å². The van der Waals surface area contributed by atoms with Gasteiger partial charge in [0, 0.05) is 17.6 Å². The lowest BCUT2D eigenvalue weighted by Crippen LogP contribution is -2.49. The summed E-state index contributed by atoms with van der Waals surface area (Å²) in [5, 5.41) is 1.41. The number of halogens is 1. The SMILES string of the molecule is O=C(Cc1ccccc1)NN1CCC(S(=O)(=O)c2ccc(Br)cc2)CC1. The molecule has 1 aliphatic heterocycles. The van der Waals surface area contributed by atoms with Crippen LogP contribution in [0.1, 0.15) is 18.4 Å². The fraction of sp³-hybridized carbons (Fsp3) is 0.316. The van der Waals surface area contributed by atoms with Crippen LogP contribution in [0.4, 0.5) is 0 Å². The van der Waals surface area contributed by atoms with Crippen molar-refractivity contribution in [3.63, 3.8) is 0 Å². The number of piperidine rings is 1. The molecule has 0 unspecified atom stereocenters. The molecule has 1 saturated heterocycles. The van der Waals surface area contributed by atoms with Crippen LogP contribution in [0.15, 0.2) is 64.0 Å². The van der Waals surface area contributed by atoms with Gasteiger partial charge in [0.05, 0.1) is 16.6 Å². The molecule has 0 spiro atoms. The number of carbonyl (C=O) groups excluding carboxylic acids is 1. The van der Waals surface area contributed by atoms with E-state index in [0.717, 1.165) is 10.0 Å². The van der Waals surface area contributed by atoms with E-state index in [9.17, 15) is 13.2 Å². The fourth-order valence-corrected chi connectivity index (χ4v) is 5.09. The fourth-order valence-electron chi connectivity index (χ4n) is 3.09. The number of hydrogen-bond donors (Lipinski definition) is 1. The minimum atomic E-state index is -3.34. The zero-order chi connectivity index (χ0) is 18.6. The summed E-state index contributed by atoms with van der Waals surface area (Å²) in [5.41, 5.74) is 3.84. The predicted molar refractivity (Wildman–Crippen MR) is 104 cm³/mol.